The second kappa shape index (κ2) is 4.19. The van der Waals surface area contributed by atoms with Gasteiger partial charge in [-0.3, -0.25) is 4.79 Å². The van der Waals surface area contributed by atoms with E-state index in [0.717, 1.165) is 13.1 Å². The number of carbonyl (C=O) groups excluding carboxylic acids is 1. The number of aromatic hydroxyl groups is 1. The topological polar surface area (TPSA) is 66.6 Å². The molecule has 96 valence electrons. The molecule has 0 spiro atoms. The van der Waals surface area contributed by atoms with Gasteiger partial charge in [-0.15, -0.1) is 0 Å². The van der Waals surface area contributed by atoms with Gasteiger partial charge in [0.25, 0.3) is 5.91 Å². The molecule has 1 aliphatic heterocycles. The molecule has 2 atom stereocenters. The summed E-state index contributed by atoms with van der Waals surface area (Å²) in [5, 5.41) is 9.86. The minimum atomic E-state index is -0.0887. The van der Waals surface area contributed by atoms with Crippen LogP contribution in [0, 0.1) is 11.8 Å². The van der Waals surface area contributed by atoms with E-state index in [9.17, 15) is 9.90 Å². The van der Waals surface area contributed by atoms with Crippen molar-refractivity contribution in [2.45, 2.75) is 19.3 Å². The first kappa shape index (κ1) is 11.4. The Morgan fingerprint density at radius 1 is 1.28 bits per heavy atom. The standard InChI is InChI=1S/C14H18N2O2/c15-12-6-2-5-11(13(12)17)14(18)16-7-9-3-1-4-10(9)8-16/h2,5-6,9-10,17H,1,3-4,7-8,15H2. The van der Waals surface area contributed by atoms with E-state index in [2.05, 4.69) is 0 Å². The van der Waals surface area contributed by atoms with Gasteiger partial charge in [-0.2, -0.15) is 0 Å². The number of nitrogen functional groups attached to an aromatic ring is 1. The Hall–Kier alpha value is -1.71. The summed E-state index contributed by atoms with van der Waals surface area (Å²) in [6.07, 6.45) is 3.76. The number of fused-ring (bicyclic) bond motifs is 1. The minimum Gasteiger partial charge on any atom is -0.505 e. The molecule has 4 nitrogen and oxygen atoms in total. The Morgan fingerprint density at radius 3 is 2.61 bits per heavy atom. The van der Waals surface area contributed by atoms with E-state index in [1.54, 1.807) is 18.2 Å². The Morgan fingerprint density at radius 2 is 1.94 bits per heavy atom. The quantitative estimate of drug-likeness (QED) is 0.587. The van der Waals surface area contributed by atoms with Gasteiger partial charge in [0.1, 0.15) is 0 Å². The van der Waals surface area contributed by atoms with E-state index in [-0.39, 0.29) is 17.3 Å². The lowest BCUT2D eigenvalue weighted by Crippen LogP contribution is -2.29. The van der Waals surface area contributed by atoms with Crippen molar-refractivity contribution in [2.75, 3.05) is 18.8 Å². The normalized spacial score (nSPS) is 26.3. The average molecular weight is 246 g/mol. The van der Waals surface area contributed by atoms with E-state index in [4.69, 9.17) is 5.73 Å². The van der Waals surface area contributed by atoms with Crippen LogP contribution in [-0.4, -0.2) is 29.0 Å². The smallest absolute Gasteiger partial charge is 0.257 e. The van der Waals surface area contributed by atoms with Gasteiger partial charge in [-0.25, -0.2) is 0 Å². The van der Waals surface area contributed by atoms with Crippen molar-refractivity contribution < 1.29 is 9.90 Å². The van der Waals surface area contributed by atoms with Gasteiger partial charge in [-0.1, -0.05) is 12.5 Å². The van der Waals surface area contributed by atoms with Gasteiger partial charge in [-0.05, 0) is 36.8 Å². The van der Waals surface area contributed by atoms with Crippen LogP contribution in [0.3, 0.4) is 0 Å². The lowest BCUT2D eigenvalue weighted by molar-refractivity contribution is 0.0778. The van der Waals surface area contributed by atoms with Crippen molar-refractivity contribution in [3.63, 3.8) is 0 Å². The summed E-state index contributed by atoms with van der Waals surface area (Å²) < 4.78 is 0. The molecule has 2 aliphatic rings. The van der Waals surface area contributed by atoms with E-state index in [1.165, 1.54) is 19.3 Å². The zero-order chi connectivity index (χ0) is 12.7. The summed E-state index contributed by atoms with van der Waals surface area (Å²) in [5.74, 6) is 1.16. The Labute approximate surface area is 106 Å². The second-order valence-corrected chi connectivity index (χ2v) is 5.40. The van der Waals surface area contributed by atoms with E-state index >= 15 is 0 Å². The number of carbonyl (C=O) groups is 1. The number of anilines is 1. The van der Waals surface area contributed by atoms with Gasteiger partial charge in [0.05, 0.1) is 11.3 Å². The van der Waals surface area contributed by atoms with Crippen LogP contribution in [0.5, 0.6) is 5.75 Å². The molecule has 1 heterocycles. The van der Waals surface area contributed by atoms with E-state index in [1.807, 2.05) is 4.90 Å². The van der Waals surface area contributed by atoms with Crippen LogP contribution in [0.2, 0.25) is 0 Å². The number of benzene rings is 1. The highest BCUT2D eigenvalue weighted by atomic mass is 16.3. The van der Waals surface area contributed by atoms with Gasteiger partial charge >= 0.3 is 0 Å². The van der Waals surface area contributed by atoms with Crippen LogP contribution in [0.25, 0.3) is 0 Å². The number of hydrogen-bond donors (Lipinski definition) is 2. The molecule has 1 aromatic rings. The lowest BCUT2D eigenvalue weighted by atomic mass is 10.0. The molecule has 0 aromatic heterocycles. The number of nitrogens with two attached hydrogens (primary N) is 1. The summed E-state index contributed by atoms with van der Waals surface area (Å²) in [6.45, 7) is 1.66. The summed E-state index contributed by atoms with van der Waals surface area (Å²) in [6, 6.07) is 4.95. The molecule has 1 saturated carbocycles. The molecular weight excluding hydrogens is 228 g/mol. The van der Waals surface area contributed by atoms with Crippen molar-refractivity contribution >= 4 is 11.6 Å². The average Bonchev–Trinajstić information content (AvgIpc) is 2.92. The predicted octanol–water partition coefficient (Wildman–Crippen LogP) is 1.85. The fraction of sp³-hybridized carbons (Fsp3) is 0.500. The van der Waals surface area contributed by atoms with Crippen molar-refractivity contribution in [1.29, 1.82) is 0 Å². The summed E-state index contributed by atoms with van der Waals surface area (Å²) >= 11 is 0. The van der Waals surface area contributed by atoms with E-state index < -0.39 is 0 Å². The van der Waals surface area contributed by atoms with Crippen LogP contribution in [0.4, 0.5) is 5.69 Å². The maximum atomic E-state index is 12.4. The molecule has 4 heteroatoms. The molecule has 2 fully saturated rings. The monoisotopic (exact) mass is 246 g/mol. The Bertz CT molecular complexity index is 475. The molecule has 2 unspecified atom stereocenters. The number of para-hydroxylation sites is 1. The highest BCUT2D eigenvalue weighted by molar-refractivity contribution is 5.98. The molecule has 1 amide bonds. The molecule has 1 aromatic carbocycles. The zero-order valence-corrected chi connectivity index (χ0v) is 10.3. The summed E-state index contributed by atoms with van der Waals surface area (Å²) in [4.78, 5) is 14.2. The third-order valence-electron chi connectivity index (χ3n) is 4.31. The second-order valence-electron chi connectivity index (χ2n) is 5.40. The van der Waals surface area contributed by atoms with Gasteiger partial charge < -0.3 is 15.7 Å². The fourth-order valence-corrected chi connectivity index (χ4v) is 3.31. The first-order valence-electron chi connectivity index (χ1n) is 6.53. The van der Waals surface area contributed by atoms with Gasteiger partial charge in [0, 0.05) is 13.1 Å². The number of likely N-dealkylation sites (tertiary alicyclic amines) is 1. The SMILES string of the molecule is Nc1cccc(C(=O)N2CC3CCCC3C2)c1O. The maximum Gasteiger partial charge on any atom is 0.257 e. The summed E-state index contributed by atoms with van der Waals surface area (Å²) in [7, 11) is 0. The molecule has 1 aliphatic carbocycles. The molecular formula is C14H18N2O2. The van der Waals surface area contributed by atoms with Crippen LogP contribution in [0.1, 0.15) is 29.6 Å². The highest BCUT2D eigenvalue weighted by Crippen LogP contribution is 2.38. The number of nitrogens with zero attached hydrogens (tertiary/aromatic N) is 1. The third-order valence-corrected chi connectivity index (χ3v) is 4.31. The molecule has 3 rings (SSSR count). The van der Waals surface area contributed by atoms with Crippen molar-refractivity contribution in [1.82, 2.24) is 4.90 Å². The Balaban J connectivity index is 1.81. The van der Waals surface area contributed by atoms with Crippen LogP contribution < -0.4 is 5.73 Å². The molecule has 0 radical (unpaired) electrons. The first-order chi connectivity index (χ1) is 8.66. The first-order valence-corrected chi connectivity index (χ1v) is 6.53. The molecule has 18 heavy (non-hydrogen) atoms. The molecule has 1 saturated heterocycles. The van der Waals surface area contributed by atoms with Crippen molar-refractivity contribution in [3.05, 3.63) is 23.8 Å². The lowest BCUT2D eigenvalue weighted by Gasteiger charge is -2.18. The fourth-order valence-electron chi connectivity index (χ4n) is 3.31. The summed E-state index contributed by atoms with van der Waals surface area (Å²) in [5.41, 5.74) is 6.22. The number of phenolic OH excluding ortho intramolecular Hbond substituents is 1. The van der Waals surface area contributed by atoms with Crippen molar-refractivity contribution in [3.8, 4) is 5.75 Å². The van der Waals surface area contributed by atoms with Crippen LogP contribution in [0.15, 0.2) is 18.2 Å². The van der Waals surface area contributed by atoms with Crippen molar-refractivity contribution in [2.24, 2.45) is 11.8 Å². The molecule has 3 N–H and O–H groups in total. The zero-order valence-electron chi connectivity index (χ0n) is 10.3. The number of phenols is 1. The molecule has 0 bridgehead atoms. The largest absolute Gasteiger partial charge is 0.505 e. The Kier molecular flexibility index (Phi) is 2.65. The van der Waals surface area contributed by atoms with Gasteiger partial charge in [0.2, 0.25) is 0 Å². The number of rotatable bonds is 1. The van der Waals surface area contributed by atoms with Crippen LogP contribution in [-0.2, 0) is 0 Å². The third kappa shape index (κ3) is 1.72. The van der Waals surface area contributed by atoms with Gasteiger partial charge in [0.15, 0.2) is 5.75 Å². The number of hydrogen-bond acceptors (Lipinski definition) is 3. The number of amides is 1. The minimum absolute atomic E-state index is 0.0837. The van der Waals surface area contributed by atoms with Crippen LogP contribution >= 0.6 is 0 Å². The highest BCUT2D eigenvalue weighted by Gasteiger charge is 2.38. The van der Waals surface area contributed by atoms with E-state index in [0.29, 0.717) is 17.4 Å². The predicted molar refractivity (Wildman–Crippen MR) is 69.3 cm³/mol. The maximum absolute atomic E-state index is 12.4.